The number of hydrogen-bond donors (Lipinski definition) is 1. The van der Waals surface area contributed by atoms with Crippen LogP contribution in [0.5, 0.6) is 0 Å². The minimum Gasteiger partial charge on any atom is -0.352 e. The fourth-order valence-electron chi connectivity index (χ4n) is 2.18. The van der Waals surface area contributed by atoms with Crippen molar-refractivity contribution >= 4 is 15.9 Å². The summed E-state index contributed by atoms with van der Waals surface area (Å²) in [6, 6.07) is 6.67. The minimum absolute atomic E-state index is 0.107. The molecule has 1 aromatic carbocycles. The van der Waals surface area contributed by atoms with Crippen LogP contribution in [0.15, 0.2) is 29.2 Å². The highest BCUT2D eigenvalue weighted by atomic mass is 32.2. The smallest absolute Gasteiger partial charge is 0.243 e. The molecule has 0 atom stereocenters. The van der Waals surface area contributed by atoms with Crippen molar-refractivity contribution in [1.29, 1.82) is 0 Å². The molecule has 1 N–H and O–H groups in total. The first-order valence-corrected chi connectivity index (χ1v) is 8.35. The van der Waals surface area contributed by atoms with Crippen molar-refractivity contribution in [3.63, 3.8) is 0 Å². The van der Waals surface area contributed by atoms with Gasteiger partial charge in [-0.15, -0.1) is 0 Å². The third-order valence-electron chi connectivity index (χ3n) is 3.56. The molecule has 2 rings (SSSR count). The molecule has 0 saturated carbocycles. The number of nitrogens with one attached hydrogen (secondary N) is 1. The summed E-state index contributed by atoms with van der Waals surface area (Å²) in [5.74, 6) is -0.107. The molecule has 0 bridgehead atoms. The van der Waals surface area contributed by atoms with Gasteiger partial charge in [0.05, 0.1) is 4.90 Å². The quantitative estimate of drug-likeness (QED) is 0.866. The average molecular weight is 311 g/mol. The first kappa shape index (κ1) is 15.9. The summed E-state index contributed by atoms with van der Waals surface area (Å²) in [5, 5.41) is 2.68. The third-order valence-corrected chi connectivity index (χ3v) is 5.48. The van der Waals surface area contributed by atoms with Gasteiger partial charge in [-0.1, -0.05) is 12.1 Å². The van der Waals surface area contributed by atoms with E-state index in [4.69, 9.17) is 0 Å². The van der Waals surface area contributed by atoms with Gasteiger partial charge in [0.15, 0.2) is 0 Å². The van der Waals surface area contributed by atoms with Gasteiger partial charge in [0.25, 0.3) is 0 Å². The molecule has 1 saturated heterocycles. The van der Waals surface area contributed by atoms with Crippen LogP contribution in [-0.2, 0) is 21.4 Å². The Morgan fingerprint density at radius 1 is 1.14 bits per heavy atom. The summed E-state index contributed by atoms with van der Waals surface area (Å²) in [5.41, 5.74) is 0.877. The molecule has 6 nitrogen and oxygen atoms in total. The monoisotopic (exact) mass is 311 g/mol. The van der Waals surface area contributed by atoms with Crippen LogP contribution in [0.25, 0.3) is 0 Å². The molecule has 116 valence electrons. The number of amides is 1. The van der Waals surface area contributed by atoms with Crippen molar-refractivity contribution < 1.29 is 13.2 Å². The molecule has 1 amide bonds. The maximum absolute atomic E-state index is 12.5. The van der Waals surface area contributed by atoms with Crippen LogP contribution in [0, 0.1) is 0 Å². The van der Waals surface area contributed by atoms with Gasteiger partial charge >= 0.3 is 0 Å². The molecule has 0 spiro atoms. The van der Waals surface area contributed by atoms with E-state index >= 15 is 0 Å². The van der Waals surface area contributed by atoms with E-state index in [9.17, 15) is 13.2 Å². The lowest BCUT2D eigenvalue weighted by Gasteiger charge is -2.31. The molecular weight excluding hydrogens is 290 g/mol. The molecule has 7 heteroatoms. The van der Waals surface area contributed by atoms with E-state index in [0.29, 0.717) is 24.5 Å². The van der Waals surface area contributed by atoms with Gasteiger partial charge in [0.1, 0.15) is 0 Å². The lowest BCUT2D eigenvalue weighted by atomic mass is 10.2. The van der Waals surface area contributed by atoms with Crippen LogP contribution in [-0.4, -0.2) is 56.8 Å². The van der Waals surface area contributed by atoms with E-state index in [1.54, 1.807) is 24.3 Å². The Balaban J connectivity index is 2.08. The Morgan fingerprint density at radius 2 is 1.71 bits per heavy atom. The van der Waals surface area contributed by atoms with Crippen molar-refractivity contribution in [3.05, 3.63) is 29.8 Å². The van der Waals surface area contributed by atoms with Crippen LogP contribution in [0.1, 0.15) is 12.5 Å². The minimum atomic E-state index is -3.41. The van der Waals surface area contributed by atoms with E-state index in [1.165, 1.54) is 11.2 Å². The van der Waals surface area contributed by atoms with Gasteiger partial charge in [-0.2, -0.15) is 4.31 Å². The second kappa shape index (κ2) is 6.55. The van der Waals surface area contributed by atoms with Crippen molar-refractivity contribution in [2.24, 2.45) is 0 Å². The molecule has 1 aliphatic heterocycles. The highest BCUT2D eigenvalue weighted by Crippen LogP contribution is 2.18. The maximum Gasteiger partial charge on any atom is 0.243 e. The number of benzene rings is 1. The van der Waals surface area contributed by atoms with Crippen molar-refractivity contribution in [2.45, 2.75) is 18.4 Å². The maximum atomic E-state index is 12.5. The normalized spacial score (nSPS) is 17.6. The van der Waals surface area contributed by atoms with Gasteiger partial charge in [-0.05, 0) is 24.7 Å². The Morgan fingerprint density at radius 3 is 2.24 bits per heavy atom. The second-order valence-electron chi connectivity index (χ2n) is 5.26. The fourth-order valence-corrected chi connectivity index (χ4v) is 3.61. The van der Waals surface area contributed by atoms with Crippen molar-refractivity contribution in [1.82, 2.24) is 14.5 Å². The molecule has 0 aliphatic carbocycles. The summed E-state index contributed by atoms with van der Waals surface area (Å²) in [4.78, 5) is 13.3. The van der Waals surface area contributed by atoms with Crippen LogP contribution >= 0.6 is 0 Å². The molecule has 0 unspecified atom stereocenters. The number of carbonyl (C=O) groups is 1. The van der Waals surface area contributed by atoms with Gasteiger partial charge in [0, 0.05) is 39.6 Å². The van der Waals surface area contributed by atoms with Crippen LogP contribution in [0.4, 0.5) is 0 Å². The summed E-state index contributed by atoms with van der Waals surface area (Å²) in [7, 11) is -1.43. The topological polar surface area (TPSA) is 69.7 Å². The zero-order chi connectivity index (χ0) is 15.5. The number of rotatable bonds is 4. The zero-order valence-electron chi connectivity index (χ0n) is 12.4. The zero-order valence-corrected chi connectivity index (χ0v) is 13.2. The molecule has 0 radical (unpaired) electrons. The molecule has 1 aromatic rings. The number of carbonyl (C=O) groups excluding carboxylic acids is 1. The van der Waals surface area contributed by atoms with Gasteiger partial charge in [-0.3, -0.25) is 4.79 Å². The van der Waals surface area contributed by atoms with E-state index in [1.807, 2.05) is 7.05 Å². The summed E-state index contributed by atoms with van der Waals surface area (Å²) in [6.07, 6.45) is 0. The molecule has 1 fully saturated rings. The molecule has 1 aliphatic rings. The molecule has 1 heterocycles. The summed E-state index contributed by atoms with van der Waals surface area (Å²) in [6.45, 7) is 4.40. The van der Waals surface area contributed by atoms with Gasteiger partial charge in [0.2, 0.25) is 15.9 Å². The summed E-state index contributed by atoms with van der Waals surface area (Å²) >= 11 is 0. The number of likely N-dealkylation sites (N-methyl/N-ethyl adjacent to an activating group) is 1. The standard InChI is InChI=1S/C14H21N3O3S/c1-12(18)15-11-13-3-5-14(6-4-13)21(19,20)17-9-7-16(2)8-10-17/h3-6H,7-11H2,1-2H3,(H,15,18). The number of hydrogen-bond acceptors (Lipinski definition) is 4. The third kappa shape index (κ3) is 4.03. The van der Waals surface area contributed by atoms with Gasteiger partial charge in [-0.25, -0.2) is 8.42 Å². The van der Waals surface area contributed by atoms with Crippen molar-refractivity contribution in [3.8, 4) is 0 Å². The Kier molecular flexibility index (Phi) is 4.97. The second-order valence-corrected chi connectivity index (χ2v) is 7.20. The lowest BCUT2D eigenvalue weighted by molar-refractivity contribution is -0.119. The van der Waals surface area contributed by atoms with E-state index in [-0.39, 0.29) is 5.91 Å². The average Bonchev–Trinajstić information content (AvgIpc) is 2.46. The van der Waals surface area contributed by atoms with Crippen molar-refractivity contribution in [2.75, 3.05) is 33.2 Å². The highest BCUT2D eigenvalue weighted by molar-refractivity contribution is 7.89. The Bertz CT molecular complexity index is 590. The van der Waals surface area contributed by atoms with E-state index in [0.717, 1.165) is 18.7 Å². The van der Waals surface area contributed by atoms with Crippen LogP contribution in [0.3, 0.4) is 0 Å². The highest BCUT2D eigenvalue weighted by Gasteiger charge is 2.27. The number of sulfonamides is 1. The fraction of sp³-hybridized carbons (Fsp3) is 0.500. The molecule has 21 heavy (non-hydrogen) atoms. The number of nitrogens with zero attached hydrogens (tertiary/aromatic N) is 2. The Labute approximate surface area is 125 Å². The predicted octanol–water partition coefficient (Wildman–Crippen LogP) is 0.259. The summed E-state index contributed by atoms with van der Waals surface area (Å²) < 4.78 is 26.5. The first-order valence-electron chi connectivity index (χ1n) is 6.91. The predicted molar refractivity (Wildman–Crippen MR) is 80.2 cm³/mol. The Hall–Kier alpha value is -1.44. The largest absolute Gasteiger partial charge is 0.352 e. The van der Waals surface area contributed by atoms with E-state index in [2.05, 4.69) is 10.2 Å². The molecular formula is C14H21N3O3S. The van der Waals surface area contributed by atoms with Crippen LogP contribution < -0.4 is 5.32 Å². The van der Waals surface area contributed by atoms with E-state index < -0.39 is 10.0 Å². The SMILES string of the molecule is CC(=O)NCc1ccc(S(=O)(=O)N2CCN(C)CC2)cc1. The number of piperazine rings is 1. The first-order chi connectivity index (χ1) is 9.89. The lowest BCUT2D eigenvalue weighted by Crippen LogP contribution is -2.46. The van der Waals surface area contributed by atoms with Gasteiger partial charge < -0.3 is 10.2 Å². The van der Waals surface area contributed by atoms with Crippen LogP contribution in [0.2, 0.25) is 0 Å². The molecule has 0 aromatic heterocycles.